The van der Waals surface area contributed by atoms with Gasteiger partial charge in [0.25, 0.3) is 0 Å². The van der Waals surface area contributed by atoms with Gasteiger partial charge < -0.3 is 10.4 Å². The summed E-state index contributed by atoms with van der Waals surface area (Å²) in [5.74, 6) is -1.91. The number of carboxylic acids is 1. The minimum absolute atomic E-state index is 0.149. The van der Waals surface area contributed by atoms with Gasteiger partial charge in [-0.05, 0) is 25.1 Å². The fraction of sp³-hybridized carbons (Fsp3) is 0.273. The van der Waals surface area contributed by atoms with E-state index in [0.717, 1.165) is 0 Å². The summed E-state index contributed by atoms with van der Waals surface area (Å²) in [5.41, 5.74) is 0.333. The van der Waals surface area contributed by atoms with Crippen LogP contribution >= 0.6 is 0 Å². The van der Waals surface area contributed by atoms with Crippen LogP contribution in [0.5, 0.6) is 0 Å². The number of amides is 1. The maximum Gasteiger partial charge on any atom is 0.320 e. The van der Waals surface area contributed by atoms with E-state index in [0.29, 0.717) is 5.69 Å². The minimum Gasteiger partial charge on any atom is -0.480 e. The Balaban J connectivity index is 2.42. The van der Waals surface area contributed by atoms with Gasteiger partial charge in [0.1, 0.15) is 11.9 Å². The fourth-order valence-electron chi connectivity index (χ4n) is 1.10. The van der Waals surface area contributed by atoms with Gasteiger partial charge >= 0.3 is 5.97 Å². The van der Waals surface area contributed by atoms with Crippen LogP contribution < -0.4 is 10.6 Å². The third-order valence-electron chi connectivity index (χ3n) is 2.05. The highest BCUT2D eigenvalue weighted by Gasteiger charge is 2.11. The van der Waals surface area contributed by atoms with Crippen molar-refractivity contribution < 1.29 is 19.1 Å². The summed E-state index contributed by atoms with van der Waals surface area (Å²) >= 11 is 0. The van der Waals surface area contributed by atoms with Crippen molar-refractivity contribution in [3.8, 4) is 0 Å². The van der Waals surface area contributed by atoms with Crippen LogP contribution in [0.2, 0.25) is 0 Å². The summed E-state index contributed by atoms with van der Waals surface area (Å²) < 4.78 is 12.8. The van der Waals surface area contributed by atoms with Crippen LogP contribution in [0.3, 0.4) is 0 Å². The second kappa shape index (κ2) is 5.95. The van der Waals surface area contributed by atoms with Crippen LogP contribution in [0.15, 0.2) is 24.3 Å². The molecule has 1 aromatic rings. The summed E-state index contributed by atoms with van der Waals surface area (Å²) in [4.78, 5) is 21.8. The lowest BCUT2D eigenvalue weighted by Crippen LogP contribution is -2.39. The number of halogens is 1. The van der Waals surface area contributed by atoms with Gasteiger partial charge in [-0.15, -0.1) is 0 Å². The van der Waals surface area contributed by atoms with Crippen molar-refractivity contribution in [3.63, 3.8) is 0 Å². The van der Waals surface area contributed by atoms with Crippen molar-refractivity contribution in [1.29, 1.82) is 0 Å². The van der Waals surface area contributed by atoms with E-state index < -0.39 is 23.7 Å². The van der Waals surface area contributed by atoms with E-state index in [4.69, 9.17) is 5.11 Å². The maximum absolute atomic E-state index is 12.8. The van der Waals surface area contributed by atoms with Gasteiger partial charge in [-0.3, -0.25) is 14.9 Å². The molecular weight excluding hydrogens is 227 g/mol. The van der Waals surface area contributed by atoms with E-state index in [2.05, 4.69) is 10.6 Å². The summed E-state index contributed by atoms with van der Waals surface area (Å²) in [7, 11) is 0. The summed E-state index contributed by atoms with van der Waals surface area (Å²) in [6.07, 6.45) is 0. The molecule has 0 saturated carbocycles. The van der Waals surface area contributed by atoms with Crippen LogP contribution in [0.4, 0.5) is 10.1 Å². The van der Waals surface area contributed by atoms with Crippen molar-refractivity contribution in [3.05, 3.63) is 30.1 Å². The molecule has 3 N–H and O–H groups in total. The Morgan fingerprint density at radius 1 is 1.47 bits per heavy atom. The number of carboxylic acid groups (broad SMARTS) is 1. The molecule has 17 heavy (non-hydrogen) atoms. The molecule has 0 radical (unpaired) electrons. The minimum atomic E-state index is -1.04. The lowest BCUT2D eigenvalue weighted by Gasteiger charge is -2.09. The van der Waals surface area contributed by atoms with Gasteiger partial charge in [0.15, 0.2) is 0 Å². The first-order valence-electron chi connectivity index (χ1n) is 5.00. The number of aliphatic carboxylic acids is 1. The van der Waals surface area contributed by atoms with Crippen LogP contribution in [-0.4, -0.2) is 29.6 Å². The average molecular weight is 240 g/mol. The molecule has 0 heterocycles. The summed E-state index contributed by atoms with van der Waals surface area (Å²) in [5, 5.41) is 13.5. The topological polar surface area (TPSA) is 78.4 Å². The fourth-order valence-corrected chi connectivity index (χ4v) is 1.10. The Labute approximate surface area is 97.6 Å². The van der Waals surface area contributed by atoms with E-state index in [9.17, 15) is 14.0 Å². The number of hydrogen-bond acceptors (Lipinski definition) is 3. The van der Waals surface area contributed by atoms with Crippen LogP contribution in [-0.2, 0) is 9.59 Å². The van der Waals surface area contributed by atoms with Gasteiger partial charge in [-0.25, -0.2) is 4.39 Å². The lowest BCUT2D eigenvalue weighted by atomic mass is 10.3. The van der Waals surface area contributed by atoms with Gasteiger partial charge in [-0.1, -0.05) is 6.07 Å². The number of hydrogen-bond donors (Lipinski definition) is 3. The summed E-state index contributed by atoms with van der Waals surface area (Å²) in [6, 6.07) is 4.65. The molecule has 0 aliphatic rings. The van der Waals surface area contributed by atoms with Gasteiger partial charge in [0, 0.05) is 5.69 Å². The molecular formula is C11H13FN2O3. The SMILES string of the molecule is C[C@@H](NCC(=O)Nc1cccc(F)c1)C(=O)O. The Morgan fingerprint density at radius 2 is 2.18 bits per heavy atom. The number of carbonyl (C=O) groups is 2. The van der Waals surface area contributed by atoms with E-state index in [1.807, 2.05) is 0 Å². The average Bonchev–Trinajstić information content (AvgIpc) is 2.25. The molecule has 0 aromatic heterocycles. The predicted octanol–water partition coefficient (Wildman–Crippen LogP) is 0.827. The first-order valence-corrected chi connectivity index (χ1v) is 5.00. The third kappa shape index (κ3) is 4.60. The molecule has 0 aliphatic heterocycles. The second-order valence-corrected chi connectivity index (χ2v) is 3.50. The number of rotatable bonds is 5. The predicted molar refractivity (Wildman–Crippen MR) is 60.1 cm³/mol. The molecule has 0 bridgehead atoms. The Morgan fingerprint density at radius 3 is 2.76 bits per heavy atom. The number of nitrogens with one attached hydrogen (secondary N) is 2. The van der Waals surface area contributed by atoms with Crippen LogP contribution in [0.1, 0.15) is 6.92 Å². The Bertz CT molecular complexity index is 423. The molecule has 0 aliphatic carbocycles. The molecule has 1 rings (SSSR count). The van der Waals surface area contributed by atoms with Gasteiger partial charge in [-0.2, -0.15) is 0 Å². The summed E-state index contributed by atoms with van der Waals surface area (Å²) in [6.45, 7) is 1.28. The first kappa shape index (κ1) is 13.1. The zero-order valence-electron chi connectivity index (χ0n) is 9.24. The number of benzene rings is 1. The molecule has 1 atom stereocenters. The molecule has 92 valence electrons. The molecule has 5 nitrogen and oxygen atoms in total. The zero-order valence-corrected chi connectivity index (χ0v) is 9.24. The highest BCUT2D eigenvalue weighted by Crippen LogP contribution is 2.08. The van der Waals surface area contributed by atoms with E-state index in [1.165, 1.54) is 25.1 Å². The Kier molecular flexibility index (Phi) is 4.59. The van der Waals surface area contributed by atoms with Crippen molar-refractivity contribution in [2.75, 3.05) is 11.9 Å². The molecule has 1 aromatic carbocycles. The van der Waals surface area contributed by atoms with E-state index in [-0.39, 0.29) is 6.54 Å². The molecule has 0 fully saturated rings. The highest BCUT2D eigenvalue weighted by atomic mass is 19.1. The second-order valence-electron chi connectivity index (χ2n) is 3.50. The van der Waals surface area contributed by atoms with E-state index in [1.54, 1.807) is 6.07 Å². The number of anilines is 1. The normalized spacial score (nSPS) is 11.9. The number of carbonyl (C=O) groups excluding carboxylic acids is 1. The Hall–Kier alpha value is -1.95. The molecule has 0 unspecified atom stereocenters. The highest BCUT2D eigenvalue weighted by molar-refractivity contribution is 5.92. The standard InChI is InChI=1S/C11H13FN2O3/c1-7(11(16)17)13-6-10(15)14-9-4-2-3-8(12)5-9/h2-5,7,13H,6H2,1H3,(H,14,15)(H,16,17)/t7-/m1/s1. The molecule has 0 spiro atoms. The largest absolute Gasteiger partial charge is 0.480 e. The zero-order chi connectivity index (χ0) is 12.8. The van der Waals surface area contributed by atoms with Crippen molar-refractivity contribution in [2.45, 2.75) is 13.0 Å². The van der Waals surface area contributed by atoms with Crippen LogP contribution in [0.25, 0.3) is 0 Å². The maximum atomic E-state index is 12.8. The van der Waals surface area contributed by atoms with Gasteiger partial charge in [0.05, 0.1) is 6.54 Å². The van der Waals surface area contributed by atoms with Crippen molar-refractivity contribution >= 4 is 17.6 Å². The van der Waals surface area contributed by atoms with E-state index >= 15 is 0 Å². The third-order valence-corrected chi connectivity index (χ3v) is 2.05. The van der Waals surface area contributed by atoms with Crippen molar-refractivity contribution in [2.24, 2.45) is 0 Å². The molecule has 0 saturated heterocycles. The van der Waals surface area contributed by atoms with Crippen LogP contribution in [0, 0.1) is 5.82 Å². The first-order chi connectivity index (χ1) is 7.99. The lowest BCUT2D eigenvalue weighted by molar-refractivity contribution is -0.139. The smallest absolute Gasteiger partial charge is 0.320 e. The van der Waals surface area contributed by atoms with Gasteiger partial charge in [0.2, 0.25) is 5.91 Å². The monoisotopic (exact) mass is 240 g/mol. The molecule has 6 heteroatoms. The van der Waals surface area contributed by atoms with Crippen molar-refractivity contribution in [1.82, 2.24) is 5.32 Å². The molecule has 1 amide bonds. The quantitative estimate of drug-likeness (QED) is 0.712.